The summed E-state index contributed by atoms with van der Waals surface area (Å²) < 4.78 is 9.17. The van der Waals surface area contributed by atoms with Crippen molar-refractivity contribution in [1.82, 2.24) is 0 Å². The van der Waals surface area contributed by atoms with Crippen molar-refractivity contribution in [3.8, 4) is 11.5 Å². The summed E-state index contributed by atoms with van der Waals surface area (Å²) in [6.07, 6.45) is 0. The van der Waals surface area contributed by atoms with Crippen molar-refractivity contribution in [3.63, 3.8) is 0 Å². The number of thiophene rings is 2. The molecule has 2 aromatic heterocycles. The molecule has 0 fully saturated rings. The minimum Gasteiger partial charge on any atom is -0.543 e. The minimum atomic E-state index is -1.83. The second kappa shape index (κ2) is 9.54. The summed E-state index contributed by atoms with van der Waals surface area (Å²) in [5.41, 5.74) is 1.84. The number of fused-ring (bicyclic) bond motifs is 2. The van der Waals surface area contributed by atoms with Gasteiger partial charge >= 0.3 is 0 Å². The first-order chi connectivity index (χ1) is 14.2. The van der Waals surface area contributed by atoms with Crippen molar-refractivity contribution in [3.05, 3.63) is 59.3 Å². The Bertz CT molecular complexity index is 1070. The number of rotatable bonds is 5. The molecular weight excluding hydrogens is 424 g/mol. The molecule has 30 heavy (non-hydrogen) atoms. The summed E-state index contributed by atoms with van der Waals surface area (Å²) in [6, 6.07) is 16.2. The van der Waals surface area contributed by atoms with Crippen LogP contribution in [0.1, 0.15) is 41.5 Å². The van der Waals surface area contributed by atoms with Crippen LogP contribution in [0.5, 0.6) is 11.5 Å². The van der Waals surface area contributed by atoms with Gasteiger partial charge in [0.1, 0.15) is 11.5 Å². The molecule has 0 radical (unpaired) electrons. The van der Waals surface area contributed by atoms with E-state index in [-0.39, 0.29) is 0 Å². The summed E-state index contributed by atoms with van der Waals surface area (Å²) in [7, 11) is -1.83. The number of phenolic OH excluding ortho intramolecular Hbond substituents is 1. The van der Waals surface area contributed by atoms with E-state index in [1.54, 1.807) is 34.8 Å². The van der Waals surface area contributed by atoms with Gasteiger partial charge in [0.15, 0.2) is 0 Å². The van der Waals surface area contributed by atoms with Crippen LogP contribution in [0.3, 0.4) is 0 Å². The second-order valence-corrected chi connectivity index (χ2v) is 16.0. The average molecular weight is 457 g/mol. The third kappa shape index (κ3) is 4.74. The number of phenols is 1. The van der Waals surface area contributed by atoms with E-state index in [0.29, 0.717) is 22.4 Å². The maximum absolute atomic E-state index is 9.06. The van der Waals surface area contributed by atoms with Crippen LogP contribution in [0.4, 0.5) is 0 Å². The minimum absolute atomic E-state index is 0.343. The molecule has 2 aromatic carbocycles. The molecule has 0 aliphatic heterocycles. The Morgan fingerprint density at radius 2 is 1.20 bits per heavy atom. The van der Waals surface area contributed by atoms with Gasteiger partial charge in [0.05, 0.1) is 0 Å². The first kappa shape index (κ1) is 22.9. The molecule has 0 bridgehead atoms. The summed E-state index contributed by atoms with van der Waals surface area (Å²) in [4.78, 5) is 0. The molecule has 0 amide bonds. The molecule has 0 unspecified atom stereocenters. The molecule has 0 aliphatic carbocycles. The molecule has 4 rings (SSSR count). The first-order valence-corrected chi connectivity index (χ1v) is 14.5. The van der Waals surface area contributed by atoms with Crippen molar-refractivity contribution in [2.75, 3.05) is 0 Å². The smallest absolute Gasteiger partial charge is 0.258 e. The van der Waals surface area contributed by atoms with Gasteiger partial charge in [-0.1, -0.05) is 41.5 Å². The maximum atomic E-state index is 9.06. The van der Waals surface area contributed by atoms with Gasteiger partial charge in [-0.3, -0.25) is 0 Å². The molecule has 0 aliphatic rings. The molecule has 4 aromatic rings. The molecule has 2 heterocycles. The number of benzene rings is 2. The van der Waals surface area contributed by atoms with E-state index < -0.39 is 8.32 Å². The Balaban J connectivity index is 0.000000212. The Labute approximate surface area is 189 Å². The van der Waals surface area contributed by atoms with E-state index in [2.05, 4.69) is 71.2 Å². The summed E-state index contributed by atoms with van der Waals surface area (Å²) >= 11 is 3.43. The monoisotopic (exact) mass is 456 g/mol. The molecular formula is C25H32O2S2Si. The standard InChI is InChI=1S/C17H26OSSi.C8H6OS/c1-12(2)20(13(3)4,14(5)6)18-16-8-7-15-9-10-19-17(15)11-16;9-7-2-1-6-3-4-10-8(6)5-7/h7-14H,1-6H3;1-5,9H. The van der Waals surface area contributed by atoms with Crippen LogP contribution in [0.15, 0.2) is 59.3 Å². The fourth-order valence-corrected chi connectivity index (χ4v) is 11.4. The molecule has 0 saturated heterocycles. The van der Waals surface area contributed by atoms with Crippen molar-refractivity contribution in [2.45, 2.75) is 58.2 Å². The first-order valence-electron chi connectivity index (χ1n) is 10.6. The fraction of sp³-hybridized carbons (Fsp3) is 0.360. The van der Waals surface area contributed by atoms with Crippen LogP contribution in [0, 0.1) is 0 Å². The quantitative estimate of drug-likeness (QED) is 0.303. The van der Waals surface area contributed by atoms with Gasteiger partial charge in [-0.25, -0.2) is 0 Å². The zero-order valence-electron chi connectivity index (χ0n) is 18.7. The largest absolute Gasteiger partial charge is 0.543 e. The van der Waals surface area contributed by atoms with Crippen LogP contribution in [0.25, 0.3) is 20.2 Å². The van der Waals surface area contributed by atoms with E-state index >= 15 is 0 Å². The van der Waals surface area contributed by atoms with E-state index in [1.165, 1.54) is 15.5 Å². The van der Waals surface area contributed by atoms with Gasteiger partial charge in [0, 0.05) is 9.40 Å². The SMILES string of the molecule is CC(C)[Si](Oc1ccc2ccsc2c1)(C(C)C)C(C)C.Oc1ccc2ccsc2c1. The fourth-order valence-electron chi connectivity index (χ4n) is 4.50. The Morgan fingerprint density at radius 3 is 1.73 bits per heavy atom. The lowest BCUT2D eigenvalue weighted by atomic mass is 10.2. The van der Waals surface area contributed by atoms with Gasteiger partial charge in [-0.2, -0.15) is 0 Å². The predicted molar refractivity (Wildman–Crippen MR) is 137 cm³/mol. The van der Waals surface area contributed by atoms with Crippen LogP contribution in [0.2, 0.25) is 16.6 Å². The number of aromatic hydroxyl groups is 1. The molecule has 160 valence electrons. The highest BCUT2D eigenvalue weighted by Crippen LogP contribution is 2.43. The van der Waals surface area contributed by atoms with Crippen LogP contribution in [-0.4, -0.2) is 13.4 Å². The topological polar surface area (TPSA) is 29.5 Å². The molecule has 2 nitrogen and oxygen atoms in total. The lowest BCUT2D eigenvalue weighted by Gasteiger charge is -2.42. The van der Waals surface area contributed by atoms with E-state index in [4.69, 9.17) is 9.53 Å². The highest BCUT2D eigenvalue weighted by molar-refractivity contribution is 7.17. The molecule has 5 heteroatoms. The predicted octanol–water partition coefficient (Wildman–Crippen LogP) is 9.06. The third-order valence-electron chi connectivity index (χ3n) is 5.87. The van der Waals surface area contributed by atoms with Crippen LogP contribution in [-0.2, 0) is 0 Å². The molecule has 0 saturated carbocycles. The average Bonchev–Trinajstić information content (AvgIpc) is 3.33. The molecule has 0 atom stereocenters. The van der Waals surface area contributed by atoms with Gasteiger partial charge in [-0.15, -0.1) is 22.7 Å². The van der Waals surface area contributed by atoms with Crippen molar-refractivity contribution in [1.29, 1.82) is 0 Å². The van der Waals surface area contributed by atoms with E-state index in [9.17, 15) is 0 Å². The highest BCUT2D eigenvalue weighted by atomic mass is 32.1. The zero-order chi connectivity index (χ0) is 21.9. The van der Waals surface area contributed by atoms with Crippen LogP contribution < -0.4 is 4.43 Å². The third-order valence-corrected chi connectivity index (χ3v) is 13.6. The Morgan fingerprint density at radius 1 is 0.700 bits per heavy atom. The lowest BCUT2D eigenvalue weighted by molar-refractivity contribution is 0.476. The summed E-state index contributed by atoms with van der Waals surface area (Å²) in [6.45, 7) is 14.0. The number of hydrogen-bond donors (Lipinski definition) is 1. The normalized spacial score (nSPS) is 12.0. The lowest BCUT2D eigenvalue weighted by Crippen LogP contribution is -2.50. The van der Waals surface area contributed by atoms with Crippen molar-refractivity contribution < 1.29 is 9.53 Å². The van der Waals surface area contributed by atoms with Crippen LogP contribution >= 0.6 is 22.7 Å². The van der Waals surface area contributed by atoms with Gasteiger partial charge in [0.25, 0.3) is 8.32 Å². The highest BCUT2D eigenvalue weighted by Gasteiger charge is 2.46. The van der Waals surface area contributed by atoms with Crippen molar-refractivity contribution >= 4 is 51.2 Å². The summed E-state index contributed by atoms with van der Waals surface area (Å²) in [5.74, 6) is 1.40. The second-order valence-electron chi connectivity index (χ2n) is 8.68. The zero-order valence-corrected chi connectivity index (χ0v) is 21.3. The Kier molecular flexibility index (Phi) is 7.27. The number of hydrogen-bond acceptors (Lipinski definition) is 4. The van der Waals surface area contributed by atoms with Gasteiger partial charge in [-0.05, 0) is 86.7 Å². The summed E-state index contributed by atoms with van der Waals surface area (Å²) in [5, 5.41) is 15.7. The van der Waals surface area contributed by atoms with E-state index in [0.717, 1.165) is 10.4 Å². The van der Waals surface area contributed by atoms with Gasteiger partial charge < -0.3 is 9.53 Å². The maximum Gasteiger partial charge on any atom is 0.258 e. The van der Waals surface area contributed by atoms with E-state index in [1.807, 2.05) is 17.5 Å². The van der Waals surface area contributed by atoms with Gasteiger partial charge in [0.2, 0.25) is 0 Å². The van der Waals surface area contributed by atoms with Crippen molar-refractivity contribution in [2.24, 2.45) is 0 Å². The molecule has 1 N–H and O–H groups in total. The molecule has 0 spiro atoms. The Hall–Kier alpha value is -1.82.